The number of hydrogen-bond acceptors (Lipinski definition) is 4. The molecule has 0 aliphatic carbocycles. The van der Waals surface area contributed by atoms with Crippen molar-refractivity contribution in [3.05, 3.63) is 96.2 Å². The third-order valence-electron chi connectivity index (χ3n) is 4.83. The highest BCUT2D eigenvalue weighted by Crippen LogP contribution is 2.20. The highest BCUT2D eigenvalue weighted by molar-refractivity contribution is 6.05. The van der Waals surface area contributed by atoms with E-state index in [4.69, 9.17) is 9.47 Å². The second-order valence-electron chi connectivity index (χ2n) is 7.08. The number of ether oxygens (including phenoxy) is 2. The van der Waals surface area contributed by atoms with E-state index < -0.39 is 18.0 Å². The Morgan fingerprint density at radius 3 is 2.42 bits per heavy atom. The standard InChI is InChI=1S/C25H22N2O4/c1-17(31-25(29)22-15-26-23-10-6-5-9-21(22)23)24(28)27-19-11-13-20(14-12-19)30-16-18-7-3-2-4-8-18/h2-15,17,26H,16H2,1H3,(H,27,28)/t17-/m0/s1. The number of nitrogens with one attached hydrogen (secondary N) is 2. The minimum absolute atomic E-state index is 0.398. The lowest BCUT2D eigenvalue weighted by molar-refractivity contribution is -0.123. The number of aromatic nitrogens is 1. The first-order chi connectivity index (χ1) is 15.1. The van der Waals surface area contributed by atoms with Crippen LogP contribution in [-0.2, 0) is 16.1 Å². The van der Waals surface area contributed by atoms with Crippen LogP contribution in [-0.4, -0.2) is 23.0 Å². The number of anilines is 1. The summed E-state index contributed by atoms with van der Waals surface area (Å²) in [4.78, 5) is 28.0. The van der Waals surface area contributed by atoms with Gasteiger partial charge in [-0.1, -0.05) is 48.5 Å². The second-order valence-corrected chi connectivity index (χ2v) is 7.08. The molecule has 31 heavy (non-hydrogen) atoms. The SMILES string of the molecule is C[C@H](OC(=O)c1c[nH]c2ccccc12)C(=O)Nc1ccc(OCc2ccccc2)cc1. The van der Waals surface area contributed by atoms with Crippen LogP contribution in [0.25, 0.3) is 10.9 Å². The van der Waals surface area contributed by atoms with E-state index in [-0.39, 0.29) is 0 Å². The summed E-state index contributed by atoms with van der Waals surface area (Å²) in [6.45, 7) is 2.01. The maximum absolute atomic E-state index is 12.5. The summed E-state index contributed by atoms with van der Waals surface area (Å²) in [6.07, 6.45) is 0.640. The number of benzene rings is 3. The normalized spacial score (nSPS) is 11.6. The topological polar surface area (TPSA) is 80.4 Å². The minimum atomic E-state index is -0.949. The molecule has 1 aromatic heterocycles. The predicted molar refractivity (Wildman–Crippen MR) is 119 cm³/mol. The Bertz CT molecular complexity index is 1180. The zero-order chi connectivity index (χ0) is 21.6. The summed E-state index contributed by atoms with van der Waals surface area (Å²) in [7, 11) is 0. The van der Waals surface area contributed by atoms with Gasteiger partial charge in [-0.15, -0.1) is 0 Å². The molecular weight excluding hydrogens is 392 g/mol. The number of aromatic amines is 1. The molecule has 0 unspecified atom stereocenters. The van der Waals surface area contributed by atoms with Crippen molar-refractivity contribution in [3.8, 4) is 5.75 Å². The van der Waals surface area contributed by atoms with E-state index in [9.17, 15) is 9.59 Å². The van der Waals surface area contributed by atoms with Gasteiger partial charge in [0.25, 0.3) is 5.91 Å². The minimum Gasteiger partial charge on any atom is -0.489 e. The van der Waals surface area contributed by atoms with E-state index in [2.05, 4.69) is 10.3 Å². The van der Waals surface area contributed by atoms with Crippen LogP contribution in [0.1, 0.15) is 22.8 Å². The van der Waals surface area contributed by atoms with Gasteiger partial charge in [0.2, 0.25) is 0 Å². The zero-order valence-corrected chi connectivity index (χ0v) is 17.0. The molecule has 0 saturated carbocycles. The molecule has 156 valence electrons. The Balaban J connectivity index is 1.31. The largest absolute Gasteiger partial charge is 0.489 e. The first-order valence-corrected chi connectivity index (χ1v) is 9.95. The molecule has 4 rings (SSSR count). The van der Waals surface area contributed by atoms with E-state index in [1.807, 2.05) is 54.6 Å². The van der Waals surface area contributed by atoms with Gasteiger partial charge in [0.05, 0.1) is 5.56 Å². The van der Waals surface area contributed by atoms with Crippen LogP contribution in [0.4, 0.5) is 5.69 Å². The van der Waals surface area contributed by atoms with Crippen LogP contribution in [0.5, 0.6) is 5.75 Å². The highest BCUT2D eigenvalue weighted by atomic mass is 16.5. The van der Waals surface area contributed by atoms with Crippen molar-refractivity contribution in [1.29, 1.82) is 0 Å². The summed E-state index contributed by atoms with van der Waals surface area (Å²) >= 11 is 0. The summed E-state index contributed by atoms with van der Waals surface area (Å²) in [5, 5.41) is 3.51. The number of hydrogen-bond donors (Lipinski definition) is 2. The van der Waals surface area contributed by atoms with Crippen molar-refractivity contribution in [2.24, 2.45) is 0 Å². The Kier molecular flexibility index (Phi) is 5.98. The van der Waals surface area contributed by atoms with E-state index in [0.29, 0.717) is 23.6 Å². The Labute approximate surface area is 179 Å². The highest BCUT2D eigenvalue weighted by Gasteiger charge is 2.21. The molecule has 0 spiro atoms. The number of fused-ring (bicyclic) bond motifs is 1. The third-order valence-corrected chi connectivity index (χ3v) is 4.83. The summed E-state index contributed by atoms with van der Waals surface area (Å²) in [6, 6.07) is 24.3. The predicted octanol–water partition coefficient (Wildman–Crippen LogP) is 4.93. The molecule has 0 fully saturated rings. The summed E-state index contributed by atoms with van der Waals surface area (Å²) in [5.74, 6) is -0.267. The van der Waals surface area contributed by atoms with Gasteiger partial charge in [0.15, 0.2) is 6.10 Å². The molecule has 1 heterocycles. The Morgan fingerprint density at radius 1 is 0.935 bits per heavy atom. The molecule has 0 radical (unpaired) electrons. The molecule has 4 aromatic rings. The van der Waals surface area contributed by atoms with Crippen molar-refractivity contribution in [2.75, 3.05) is 5.32 Å². The average molecular weight is 414 g/mol. The monoisotopic (exact) mass is 414 g/mol. The number of H-pyrrole nitrogens is 1. The van der Waals surface area contributed by atoms with E-state index in [1.165, 1.54) is 0 Å². The van der Waals surface area contributed by atoms with Gasteiger partial charge < -0.3 is 19.8 Å². The lowest BCUT2D eigenvalue weighted by Gasteiger charge is -2.14. The molecule has 0 aliphatic rings. The van der Waals surface area contributed by atoms with Crippen LogP contribution in [0.15, 0.2) is 85.1 Å². The zero-order valence-electron chi connectivity index (χ0n) is 17.0. The van der Waals surface area contributed by atoms with Crippen molar-refractivity contribution in [3.63, 3.8) is 0 Å². The Hall–Kier alpha value is -4.06. The number of carbonyl (C=O) groups excluding carboxylic acids is 2. The van der Waals surface area contributed by atoms with E-state index in [1.54, 1.807) is 37.4 Å². The molecule has 3 aromatic carbocycles. The van der Waals surface area contributed by atoms with Gasteiger partial charge in [-0.05, 0) is 42.8 Å². The number of para-hydroxylation sites is 1. The fourth-order valence-corrected chi connectivity index (χ4v) is 3.14. The van der Waals surface area contributed by atoms with Gasteiger partial charge in [-0.25, -0.2) is 4.79 Å². The van der Waals surface area contributed by atoms with Crippen LogP contribution in [0.3, 0.4) is 0 Å². The first-order valence-electron chi connectivity index (χ1n) is 9.95. The van der Waals surface area contributed by atoms with Crippen LogP contribution in [0, 0.1) is 0 Å². The summed E-state index contributed by atoms with van der Waals surface area (Å²) < 4.78 is 11.1. The quantitative estimate of drug-likeness (QED) is 0.420. The maximum Gasteiger partial charge on any atom is 0.341 e. The van der Waals surface area contributed by atoms with Crippen molar-refractivity contribution in [1.82, 2.24) is 4.98 Å². The van der Waals surface area contributed by atoms with Gasteiger partial charge in [0, 0.05) is 22.8 Å². The van der Waals surface area contributed by atoms with Gasteiger partial charge in [-0.2, -0.15) is 0 Å². The first kappa shape index (κ1) is 20.2. The molecule has 1 amide bonds. The third kappa shape index (κ3) is 4.93. The molecule has 0 saturated heterocycles. The van der Waals surface area contributed by atoms with Crippen molar-refractivity contribution >= 4 is 28.5 Å². The van der Waals surface area contributed by atoms with E-state index >= 15 is 0 Å². The maximum atomic E-state index is 12.5. The van der Waals surface area contributed by atoms with Crippen LogP contribution in [0.2, 0.25) is 0 Å². The second kappa shape index (κ2) is 9.17. The molecule has 6 heteroatoms. The molecule has 0 aliphatic heterocycles. The number of rotatable bonds is 7. The fraction of sp³-hybridized carbons (Fsp3) is 0.120. The van der Waals surface area contributed by atoms with Crippen LogP contribution >= 0.6 is 0 Å². The smallest absolute Gasteiger partial charge is 0.341 e. The van der Waals surface area contributed by atoms with Gasteiger partial charge in [-0.3, -0.25) is 4.79 Å². The van der Waals surface area contributed by atoms with Gasteiger partial charge >= 0.3 is 5.97 Å². The number of carbonyl (C=O) groups is 2. The summed E-state index contributed by atoms with van der Waals surface area (Å²) in [5.41, 5.74) is 2.90. The number of esters is 1. The van der Waals surface area contributed by atoms with Crippen LogP contribution < -0.4 is 10.1 Å². The lowest BCUT2D eigenvalue weighted by Crippen LogP contribution is -2.29. The molecule has 2 N–H and O–H groups in total. The molecular formula is C25H22N2O4. The van der Waals surface area contributed by atoms with Crippen molar-refractivity contribution < 1.29 is 19.1 Å². The lowest BCUT2D eigenvalue weighted by atomic mass is 10.2. The molecule has 6 nitrogen and oxygen atoms in total. The van der Waals surface area contributed by atoms with Gasteiger partial charge in [0.1, 0.15) is 12.4 Å². The Morgan fingerprint density at radius 2 is 1.65 bits per heavy atom. The molecule has 0 bridgehead atoms. The molecule has 1 atom stereocenters. The average Bonchev–Trinajstić information content (AvgIpc) is 3.23. The number of amides is 1. The fourth-order valence-electron chi connectivity index (χ4n) is 3.14. The van der Waals surface area contributed by atoms with Crippen molar-refractivity contribution in [2.45, 2.75) is 19.6 Å². The van der Waals surface area contributed by atoms with E-state index in [0.717, 1.165) is 16.5 Å².